The molecule has 5 nitrogen and oxygen atoms in total. The van der Waals surface area contributed by atoms with E-state index in [2.05, 4.69) is 4.98 Å². The highest BCUT2D eigenvalue weighted by Crippen LogP contribution is 2.38. The number of nitrogens with zero attached hydrogens (tertiary/aromatic N) is 1. The van der Waals surface area contributed by atoms with Gasteiger partial charge in [-0.15, -0.1) is 0 Å². The Morgan fingerprint density at radius 3 is 1.94 bits per heavy atom. The van der Waals surface area contributed by atoms with Gasteiger partial charge in [-0.1, -0.05) is 41.9 Å². The highest BCUT2D eigenvalue weighted by Gasteiger charge is 2.38. The van der Waals surface area contributed by atoms with Crippen molar-refractivity contribution >= 4 is 39.9 Å². The normalized spacial score (nSPS) is 12.1. The maximum atomic E-state index is 13.3. The van der Waals surface area contributed by atoms with Gasteiger partial charge in [0.2, 0.25) is 5.78 Å². The predicted molar refractivity (Wildman–Crippen MR) is 118 cm³/mol. The van der Waals surface area contributed by atoms with Crippen molar-refractivity contribution in [3.8, 4) is 0 Å². The van der Waals surface area contributed by atoms with Gasteiger partial charge in [-0.2, -0.15) is 31.4 Å². The summed E-state index contributed by atoms with van der Waals surface area (Å²) in [5.41, 5.74) is -5.05. The van der Waals surface area contributed by atoms with Crippen molar-refractivity contribution in [1.82, 2.24) is 4.98 Å². The van der Waals surface area contributed by atoms with Crippen LogP contribution < -0.4 is 5.06 Å². The standard InChI is InChI=1S/C24H13ClF6N2O3/c25-16-6-7-17-18(11-16)32-19(21(34)12-4-2-1-3-5-12)20(17)33(36)22(35)13-8-14(23(26,27)28)10-15(9-13)24(29,30)31/h1-11,32,36H. The Labute approximate surface area is 203 Å². The lowest BCUT2D eigenvalue weighted by Crippen LogP contribution is -2.29. The first kappa shape index (κ1) is 25.3. The van der Waals surface area contributed by atoms with Crippen molar-refractivity contribution in [2.75, 3.05) is 5.06 Å². The summed E-state index contributed by atoms with van der Waals surface area (Å²) < 4.78 is 79.6. The fourth-order valence-corrected chi connectivity index (χ4v) is 3.75. The Morgan fingerprint density at radius 2 is 1.39 bits per heavy atom. The van der Waals surface area contributed by atoms with Gasteiger partial charge in [0.05, 0.1) is 11.1 Å². The van der Waals surface area contributed by atoms with Crippen molar-refractivity contribution in [2.45, 2.75) is 12.4 Å². The third kappa shape index (κ3) is 4.79. The van der Waals surface area contributed by atoms with E-state index >= 15 is 0 Å². The summed E-state index contributed by atoms with van der Waals surface area (Å²) in [6.07, 6.45) is -10.4. The van der Waals surface area contributed by atoms with Crippen molar-refractivity contribution in [3.63, 3.8) is 0 Å². The Hall–Kier alpha value is -3.83. The first-order valence-corrected chi connectivity index (χ1v) is 10.4. The zero-order valence-electron chi connectivity index (χ0n) is 17.7. The van der Waals surface area contributed by atoms with Crippen molar-refractivity contribution in [1.29, 1.82) is 0 Å². The van der Waals surface area contributed by atoms with Crippen LogP contribution in [0.5, 0.6) is 0 Å². The van der Waals surface area contributed by atoms with Crippen LogP contribution in [-0.2, 0) is 12.4 Å². The van der Waals surface area contributed by atoms with Crippen LogP contribution >= 0.6 is 11.6 Å². The maximum absolute atomic E-state index is 13.3. The molecule has 0 unspecified atom stereocenters. The topological polar surface area (TPSA) is 73.4 Å². The SMILES string of the molecule is O=C(c1ccccc1)c1[nH]c2cc(Cl)ccc2c1N(O)C(=O)c1cc(C(F)(F)F)cc(C(F)(F)F)c1. The Morgan fingerprint density at radius 1 is 0.806 bits per heavy atom. The maximum Gasteiger partial charge on any atom is 0.416 e. The van der Waals surface area contributed by atoms with Crippen LogP contribution in [0.1, 0.15) is 37.5 Å². The third-order valence-corrected chi connectivity index (χ3v) is 5.47. The van der Waals surface area contributed by atoms with E-state index < -0.39 is 46.4 Å². The first-order chi connectivity index (χ1) is 16.8. The van der Waals surface area contributed by atoms with Gasteiger partial charge in [0, 0.05) is 27.1 Å². The number of amides is 1. The molecule has 12 heteroatoms. The lowest BCUT2D eigenvalue weighted by molar-refractivity contribution is -0.143. The van der Waals surface area contributed by atoms with E-state index in [4.69, 9.17) is 11.6 Å². The summed E-state index contributed by atoms with van der Waals surface area (Å²) in [6.45, 7) is 0. The zero-order chi connectivity index (χ0) is 26.4. The molecular formula is C24H13ClF6N2O3. The molecule has 0 saturated carbocycles. The minimum atomic E-state index is -5.21. The summed E-state index contributed by atoms with van der Waals surface area (Å²) in [4.78, 5) is 28.9. The molecule has 1 amide bonds. The molecule has 4 rings (SSSR count). The highest BCUT2D eigenvalue weighted by molar-refractivity contribution is 6.31. The van der Waals surface area contributed by atoms with Crippen molar-refractivity contribution in [3.05, 3.63) is 99.7 Å². The number of H-pyrrole nitrogens is 1. The van der Waals surface area contributed by atoms with E-state index in [1.807, 2.05) is 0 Å². The van der Waals surface area contributed by atoms with E-state index in [1.165, 1.54) is 30.3 Å². The van der Waals surface area contributed by atoms with E-state index in [0.717, 1.165) is 0 Å². The van der Waals surface area contributed by atoms with Crippen LogP contribution in [0.25, 0.3) is 10.9 Å². The van der Waals surface area contributed by atoms with E-state index in [9.17, 15) is 41.1 Å². The second-order valence-electron chi connectivity index (χ2n) is 7.65. The summed E-state index contributed by atoms with van der Waals surface area (Å²) in [5, 5.41) is 10.9. The molecule has 0 bridgehead atoms. The number of carbonyl (C=O) groups is 2. The molecule has 3 aromatic carbocycles. The van der Waals surface area contributed by atoms with Gasteiger partial charge in [-0.25, -0.2) is 0 Å². The molecule has 0 radical (unpaired) electrons. The molecule has 0 spiro atoms. The monoisotopic (exact) mass is 526 g/mol. The Bertz CT molecular complexity index is 1450. The predicted octanol–water partition coefficient (Wildman–Crippen LogP) is 7.13. The number of aromatic nitrogens is 1. The summed E-state index contributed by atoms with van der Waals surface area (Å²) >= 11 is 5.97. The van der Waals surface area contributed by atoms with E-state index in [1.54, 1.807) is 18.2 Å². The minimum absolute atomic E-state index is 0.0672. The average Bonchev–Trinajstić information content (AvgIpc) is 3.20. The molecule has 1 heterocycles. The van der Waals surface area contributed by atoms with E-state index in [-0.39, 0.29) is 50.4 Å². The fourth-order valence-electron chi connectivity index (χ4n) is 3.58. The van der Waals surface area contributed by atoms with Gasteiger partial charge in [0.15, 0.2) is 0 Å². The molecule has 0 aliphatic carbocycles. The van der Waals surface area contributed by atoms with Gasteiger partial charge < -0.3 is 4.98 Å². The van der Waals surface area contributed by atoms with E-state index in [0.29, 0.717) is 0 Å². The summed E-state index contributed by atoms with van der Waals surface area (Å²) in [6, 6.07) is 11.9. The quantitative estimate of drug-likeness (QED) is 0.129. The van der Waals surface area contributed by atoms with Crippen LogP contribution in [0.4, 0.5) is 32.0 Å². The van der Waals surface area contributed by atoms with Gasteiger partial charge in [-0.3, -0.25) is 14.8 Å². The van der Waals surface area contributed by atoms with Crippen LogP contribution in [0.3, 0.4) is 0 Å². The van der Waals surface area contributed by atoms with Gasteiger partial charge in [-0.05, 0) is 36.4 Å². The number of carbonyl (C=O) groups excluding carboxylic acids is 2. The van der Waals surface area contributed by atoms with Gasteiger partial charge in [0.1, 0.15) is 11.4 Å². The molecule has 0 aliphatic heterocycles. The molecule has 0 atom stereocenters. The van der Waals surface area contributed by atoms with Crippen molar-refractivity contribution < 1.29 is 41.1 Å². The number of halogens is 7. The number of alkyl halides is 6. The molecule has 0 fully saturated rings. The first-order valence-electron chi connectivity index (χ1n) is 10.0. The Balaban J connectivity index is 1.89. The molecular weight excluding hydrogens is 514 g/mol. The molecule has 4 aromatic rings. The summed E-state index contributed by atoms with van der Waals surface area (Å²) in [5.74, 6) is -2.32. The number of hydrogen-bond donors (Lipinski definition) is 2. The lowest BCUT2D eigenvalue weighted by Gasteiger charge is -2.18. The number of hydroxylamine groups is 1. The smallest absolute Gasteiger partial charge is 0.350 e. The number of anilines is 1. The molecule has 1 aromatic heterocycles. The fraction of sp³-hybridized carbons (Fsp3) is 0.0833. The Kier molecular flexibility index (Phi) is 6.31. The van der Waals surface area contributed by atoms with Crippen molar-refractivity contribution in [2.24, 2.45) is 0 Å². The lowest BCUT2D eigenvalue weighted by atomic mass is 10.0. The number of benzene rings is 3. The number of hydrogen-bond acceptors (Lipinski definition) is 3. The number of fused-ring (bicyclic) bond motifs is 1. The third-order valence-electron chi connectivity index (χ3n) is 5.24. The average molecular weight is 527 g/mol. The van der Waals surface area contributed by atoms with Crippen LogP contribution in [0, 0.1) is 0 Å². The molecule has 36 heavy (non-hydrogen) atoms. The molecule has 186 valence electrons. The van der Waals surface area contributed by atoms with Gasteiger partial charge >= 0.3 is 12.4 Å². The number of ketones is 1. The number of aromatic amines is 1. The summed E-state index contributed by atoms with van der Waals surface area (Å²) in [7, 11) is 0. The molecule has 0 aliphatic rings. The van der Waals surface area contributed by atoms with Crippen LogP contribution in [-0.4, -0.2) is 21.9 Å². The number of nitrogens with one attached hydrogen (secondary N) is 1. The number of rotatable bonds is 4. The highest BCUT2D eigenvalue weighted by atomic mass is 35.5. The minimum Gasteiger partial charge on any atom is -0.350 e. The van der Waals surface area contributed by atoms with Crippen LogP contribution in [0.2, 0.25) is 5.02 Å². The van der Waals surface area contributed by atoms with Crippen LogP contribution in [0.15, 0.2) is 66.7 Å². The molecule has 0 saturated heterocycles. The van der Waals surface area contributed by atoms with Gasteiger partial charge in [0.25, 0.3) is 5.91 Å². The largest absolute Gasteiger partial charge is 0.416 e. The second-order valence-corrected chi connectivity index (χ2v) is 8.08. The zero-order valence-corrected chi connectivity index (χ0v) is 18.5. The molecule has 2 N–H and O–H groups in total. The second kappa shape index (κ2) is 8.99.